The molecule has 1 aliphatic rings. The Morgan fingerprint density at radius 3 is 2.60 bits per heavy atom. The smallest absolute Gasteiger partial charge is 0.357 e. The highest BCUT2D eigenvalue weighted by Gasteiger charge is 2.45. The second kappa shape index (κ2) is 12.8. The van der Waals surface area contributed by atoms with Crippen LogP contribution < -0.4 is 15.4 Å². The maximum absolute atomic E-state index is 13.6. The molecule has 1 saturated heterocycles. The van der Waals surface area contributed by atoms with E-state index in [9.17, 15) is 24.4 Å². The van der Waals surface area contributed by atoms with Gasteiger partial charge in [0, 0.05) is 18.9 Å². The average molecular weight is 564 g/mol. The topological polar surface area (TPSA) is 160 Å². The first kappa shape index (κ1) is 28.2. The summed E-state index contributed by atoms with van der Waals surface area (Å²) in [7, 11) is 2.77. The summed E-state index contributed by atoms with van der Waals surface area (Å²) < 4.78 is 15.2. The standard InChI is InChI=1S/C27H25N5O7S/c1-37-11-12-39-19-9-7-16(8-10-19)22-24(34)32(27(36)30-22)21(13-17-5-3-4-6-18(17)14-28)23(33)31-26-29-20(15-40-26)25(35)38-2/h3-10,15,21-22H,11-13H2,1-2H3,(H,30,36)(H,29,31,33)/t21-,22+/m0/s1. The number of carbonyl (C=O) groups is 4. The molecule has 1 aliphatic heterocycles. The molecule has 40 heavy (non-hydrogen) atoms. The quantitative estimate of drug-likeness (QED) is 0.203. The molecule has 0 spiro atoms. The maximum Gasteiger partial charge on any atom is 0.357 e. The number of benzene rings is 2. The molecule has 206 valence electrons. The van der Waals surface area contributed by atoms with Crippen LogP contribution in [0.25, 0.3) is 0 Å². The highest BCUT2D eigenvalue weighted by molar-refractivity contribution is 7.14. The van der Waals surface area contributed by atoms with Gasteiger partial charge < -0.3 is 24.8 Å². The minimum Gasteiger partial charge on any atom is -0.491 e. The summed E-state index contributed by atoms with van der Waals surface area (Å²) in [5.41, 5.74) is 1.27. The molecular formula is C27H25N5O7S. The Kier molecular flexibility index (Phi) is 9.05. The van der Waals surface area contributed by atoms with Crippen molar-refractivity contribution in [3.05, 3.63) is 76.3 Å². The van der Waals surface area contributed by atoms with E-state index in [1.807, 2.05) is 0 Å². The van der Waals surface area contributed by atoms with Gasteiger partial charge >= 0.3 is 12.0 Å². The zero-order valence-corrected chi connectivity index (χ0v) is 22.4. The van der Waals surface area contributed by atoms with E-state index >= 15 is 0 Å². The number of ether oxygens (including phenoxy) is 3. The van der Waals surface area contributed by atoms with E-state index in [0.717, 1.165) is 16.2 Å². The number of nitriles is 1. The summed E-state index contributed by atoms with van der Waals surface area (Å²) in [5.74, 6) is -1.47. The van der Waals surface area contributed by atoms with Crippen LogP contribution in [-0.4, -0.2) is 67.2 Å². The third-order valence-corrected chi connectivity index (χ3v) is 6.79. The van der Waals surface area contributed by atoms with Crippen LogP contribution >= 0.6 is 11.3 Å². The number of nitrogens with one attached hydrogen (secondary N) is 2. The molecule has 13 heteroatoms. The molecule has 0 aliphatic carbocycles. The number of amides is 4. The number of esters is 1. The van der Waals surface area contributed by atoms with Crippen LogP contribution in [0, 0.1) is 11.3 Å². The van der Waals surface area contributed by atoms with E-state index in [4.69, 9.17) is 9.47 Å². The summed E-state index contributed by atoms with van der Waals surface area (Å²) >= 11 is 0.983. The Balaban J connectivity index is 1.60. The molecule has 0 radical (unpaired) electrons. The van der Waals surface area contributed by atoms with Gasteiger partial charge in [-0.15, -0.1) is 11.3 Å². The number of hydrogen-bond donors (Lipinski definition) is 2. The monoisotopic (exact) mass is 563 g/mol. The van der Waals surface area contributed by atoms with E-state index in [-0.39, 0.29) is 17.2 Å². The van der Waals surface area contributed by atoms with Crippen molar-refractivity contribution in [3.8, 4) is 11.8 Å². The maximum atomic E-state index is 13.6. The van der Waals surface area contributed by atoms with Gasteiger partial charge in [0.2, 0.25) is 5.91 Å². The molecule has 2 aromatic carbocycles. The molecule has 1 aromatic heterocycles. The van der Waals surface area contributed by atoms with Crippen LogP contribution in [0.5, 0.6) is 5.75 Å². The Morgan fingerprint density at radius 1 is 1.15 bits per heavy atom. The predicted molar refractivity (Wildman–Crippen MR) is 143 cm³/mol. The molecule has 3 aromatic rings. The highest BCUT2D eigenvalue weighted by Crippen LogP contribution is 2.28. The molecular weight excluding hydrogens is 538 g/mol. The molecule has 4 rings (SSSR count). The molecule has 0 unspecified atom stereocenters. The molecule has 12 nitrogen and oxygen atoms in total. The molecule has 2 N–H and O–H groups in total. The first-order valence-electron chi connectivity index (χ1n) is 12.0. The molecule has 0 saturated carbocycles. The largest absolute Gasteiger partial charge is 0.491 e. The number of imide groups is 1. The number of aromatic nitrogens is 1. The van der Waals surface area contributed by atoms with Gasteiger partial charge in [0.1, 0.15) is 24.4 Å². The number of methoxy groups -OCH3 is 2. The predicted octanol–water partition coefficient (Wildman–Crippen LogP) is 2.67. The van der Waals surface area contributed by atoms with Crippen molar-refractivity contribution >= 4 is 40.3 Å². The number of urea groups is 1. The normalized spacial score (nSPS) is 15.2. The van der Waals surface area contributed by atoms with Gasteiger partial charge in [0.25, 0.3) is 5.91 Å². The highest BCUT2D eigenvalue weighted by atomic mass is 32.1. The van der Waals surface area contributed by atoms with Gasteiger partial charge in [-0.05, 0) is 29.3 Å². The number of rotatable bonds is 11. The lowest BCUT2D eigenvalue weighted by Crippen LogP contribution is -2.49. The van der Waals surface area contributed by atoms with Gasteiger partial charge in [-0.2, -0.15) is 5.26 Å². The molecule has 1 fully saturated rings. The number of anilines is 1. The Morgan fingerprint density at radius 2 is 1.90 bits per heavy atom. The van der Waals surface area contributed by atoms with Crippen LogP contribution in [-0.2, 0) is 25.5 Å². The fraction of sp³-hybridized carbons (Fsp3) is 0.259. The fourth-order valence-corrected chi connectivity index (χ4v) is 4.73. The molecule has 4 amide bonds. The van der Waals surface area contributed by atoms with Crippen molar-refractivity contribution in [2.75, 3.05) is 32.8 Å². The first-order chi connectivity index (χ1) is 19.4. The van der Waals surface area contributed by atoms with Crippen LogP contribution in [0.1, 0.15) is 33.2 Å². The number of hydrogen-bond acceptors (Lipinski definition) is 10. The Hall–Kier alpha value is -4.80. The van der Waals surface area contributed by atoms with Gasteiger partial charge in [-0.3, -0.25) is 9.59 Å². The summed E-state index contributed by atoms with van der Waals surface area (Å²) in [4.78, 5) is 56.9. The van der Waals surface area contributed by atoms with Gasteiger partial charge in [-0.25, -0.2) is 19.5 Å². The van der Waals surface area contributed by atoms with Crippen LogP contribution in [0.15, 0.2) is 53.9 Å². The van der Waals surface area contributed by atoms with Gasteiger partial charge in [-0.1, -0.05) is 30.3 Å². The van der Waals surface area contributed by atoms with Crippen molar-refractivity contribution in [2.45, 2.75) is 18.5 Å². The SMILES string of the molecule is COCCOc1ccc([C@H]2NC(=O)N([C@@H](Cc3ccccc3C#N)C(=O)Nc3nc(C(=O)OC)cs3)C2=O)cc1. The van der Waals surface area contributed by atoms with Crippen LogP contribution in [0.4, 0.5) is 9.93 Å². The Bertz CT molecular complexity index is 1450. The summed E-state index contributed by atoms with van der Waals surface area (Å²) in [6, 6.07) is 12.2. The minimum absolute atomic E-state index is 0.00104. The zero-order chi connectivity index (χ0) is 28.6. The van der Waals surface area contributed by atoms with Crippen molar-refractivity contribution in [2.24, 2.45) is 0 Å². The van der Waals surface area contributed by atoms with Crippen molar-refractivity contribution in [1.29, 1.82) is 5.26 Å². The van der Waals surface area contributed by atoms with E-state index in [2.05, 4.69) is 26.4 Å². The molecule has 2 heterocycles. The molecule has 0 bridgehead atoms. The van der Waals surface area contributed by atoms with Crippen molar-refractivity contribution < 1.29 is 33.4 Å². The number of nitrogens with zero attached hydrogens (tertiary/aromatic N) is 3. The molecule has 2 atom stereocenters. The van der Waals surface area contributed by atoms with Crippen LogP contribution in [0.2, 0.25) is 0 Å². The Labute approximate surface area is 233 Å². The van der Waals surface area contributed by atoms with Gasteiger partial charge in [0.05, 0.1) is 25.3 Å². The summed E-state index contributed by atoms with van der Waals surface area (Å²) in [6.45, 7) is 0.765. The second-order valence-corrected chi connectivity index (χ2v) is 9.37. The van der Waals surface area contributed by atoms with Crippen molar-refractivity contribution in [1.82, 2.24) is 15.2 Å². The second-order valence-electron chi connectivity index (χ2n) is 8.51. The third kappa shape index (κ3) is 6.25. The lowest BCUT2D eigenvalue weighted by atomic mass is 9.99. The summed E-state index contributed by atoms with van der Waals surface area (Å²) in [6.07, 6.45) is -0.122. The van der Waals surface area contributed by atoms with E-state index in [1.54, 1.807) is 55.6 Å². The lowest BCUT2D eigenvalue weighted by molar-refractivity contribution is -0.134. The lowest BCUT2D eigenvalue weighted by Gasteiger charge is -2.24. The average Bonchev–Trinajstić information content (AvgIpc) is 3.55. The van der Waals surface area contributed by atoms with Crippen LogP contribution in [0.3, 0.4) is 0 Å². The van der Waals surface area contributed by atoms with E-state index in [0.29, 0.717) is 35.7 Å². The van der Waals surface area contributed by atoms with E-state index in [1.165, 1.54) is 12.5 Å². The van der Waals surface area contributed by atoms with Crippen molar-refractivity contribution in [3.63, 3.8) is 0 Å². The van der Waals surface area contributed by atoms with Gasteiger partial charge in [0.15, 0.2) is 10.8 Å². The minimum atomic E-state index is -1.32. The van der Waals surface area contributed by atoms with E-state index < -0.39 is 35.9 Å². The number of carbonyl (C=O) groups excluding carboxylic acids is 4. The number of thiazole rings is 1. The first-order valence-corrected chi connectivity index (χ1v) is 12.9. The fourth-order valence-electron chi connectivity index (χ4n) is 4.05. The summed E-state index contributed by atoms with van der Waals surface area (Å²) in [5, 5.41) is 16.3. The third-order valence-electron chi connectivity index (χ3n) is 6.03. The zero-order valence-electron chi connectivity index (χ0n) is 21.6.